The summed E-state index contributed by atoms with van der Waals surface area (Å²) in [6, 6.07) is 1.35. The highest BCUT2D eigenvalue weighted by atomic mass is 15.1. The van der Waals surface area contributed by atoms with E-state index in [1.807, 2.05) is 0 Å². The summed E-state index contributed by atoms with van der Waals surface area (Å²) in [5.74, 6) is 0. The maximum Gasteiger partial charge on any atom is 0.204 e. The van der Waals surface area contributed by atoms with Gasteiger partial charge in [-0.2, -0.15) is 0 Å². The monoisotopic (exact) mass is 168 g/mol. The first kappa shape index (κ1) is 12.0. The van der Waals surface area contributed by atoms with Crippen LogP contribution in [0.2, 0.25) is 6.32 Å². The predicted molar refractivity (Wildman–Crippen MR) is 58.7 cm³/mol. The first-order chi connectivity index (χ1) is 5.59. The third-order valence-electron chi connectivity index (χ3n) is 2.24. The van der Waals surface area contributed by atoms with Gasteiger partial charge in [-0.05, 0) is 12.1 Å². The Hall–Kier alpha value is 0.0249. The van der Waals surface area contributed by atoms with Crippen molar-refractivity contribution in [3.63, 3.8) is 0 Å². The van der Waals surface area contributed by atoms with Gasteiger partial charge in [0, 0.05) is 0 Å². The Morgan fingerprint density at radius 3 is 2.00 bits per heavy atom. The molecule has 0 fully saturated rings. The molecule has 2 heteroatoms. The maximum atomic E-state index is 3.85. The third kappa shape index (κ3) is 4.81. The molecule has 0 saturated carbocycles. The lowest BCUT2D eigenvalue weighted by molar-refractivity contribution is 0.311. The van der Waals surface area contributed by atoms with Crippen LogP contribution in [-0.2, 0) is 0 Å². The average molecular weight is 168 g/mol. The fourth-order valence-electron chi connectivity index (χ4n) is 1.58. The highest BCUT2D eigenvalue weighted by molar-refractivity contribution is 6.32. The van der Waals surface area contributed by atoms with Crippen LogP contribution in [0.15, 0.2) is 0 Å². The minimum absolute atomic E-state index is 0.676. The van der Waals surface area contributed by atoms with E-state index in [0.29, 0.717) is 12.1 Å². The van der Waals surface area contributed by atoms with Crippen molar-refractivity contribution in [2.75, 3.05) is 0 Å². The first-order valence-corrected chi connectivity index (χ1v) is 5.14. The molecule has 1 radical (unpaired) electrons. The molecule has 0 heterocycles. The van der Waals surface area contributed by atoms with E-state index in [1.54, 1.807) is 0 Å². The van der Waals surface area contributed by atoms with Gasteiger partial charge in [0.2, 0.25) is 7.41 Å². The van der Waals surface area contributed by atoms with Crippen LogP contribution in [0.1, 0.15) is 40.5 Å². The molecule has 0 unspecified atom stereocenters. The molecule has 0 aliphatic heterocycles. The minimum atomic E-state index is 0.676. The van der Waals surface area contributed by atoms with Gasteiger partial charge in [0.1, 0.15) is 0 Å². The van der Waals surface area contributed by atoms with E-state index in [0.717, 1.165) is 6.42 Å². The number of unbranched alkanes of at least 4 members (excludes halogenated alkanes) is 1. The lowest BCUT2D eigenvalue weighted by atomic mass is 9.81. The van der Waals surface area contributed by atoms with Crippen molar-refractivity contribution < 1.29 is 0 Å². The molecule has 0 aromatic rings. The van der Waals surface area contributed by atoms with E-state index in [9.17, 15) is 0 Å². The van der Waals surface area contributed by atoms with E-state index in [-0.39, 0.29) is 0 Å². The molecule has 0 N–H and O–H groups in total. The predicted octanol–water partition coefficient (Wildman–Crippen LogP) is 2.49. The van der Waals surface area contributed by atoms with Crippen molar-refractivity contribution in [1.82, 2.24) is 4.81 Å². The Morgan fingerprint density at radius 2 is 1.67 bits per heavy atom. The Morgan fingerprint density at radius 1 is 1.17 bits per heavy atom. The minimum Gasteiger partial charge on any atom is -0.341 e. The summed E-state index contributed by atoms with van der Waals surface area (Å²) in [6.07, 6.45) is 3.62. The van der Waals surface area contributed by atoms with Crippen LogP contribution >= 0.6 is 0 Å². The van der Waals surface area contributed by atoms with E-state index >= 15 is 0 Å². The molecule has 0 saturated heterocycles. The summed E-state index contributed by atoms with van der Waals surface area (Å²) >= 11 is 0. The van der Waals surface area contributed by atoms with Crippen LogP contribution < -0.4 is 0 Å². The molecule has 0 aromatic heterocycles. The van der Waals surface area contributed by atoms with Gasteiger partial charge in [-0.1, -0.05) is 53.8 Å². The van der Waals surface area contributed by atoms with E-state index in [4.69, 9.17) is 0 Å². The second kappa shape index (κ2) is 6.53. The Kier molecular flexibility index (Phi) is 6.54. The zero-order valence-electron chi connectivity index (χ0n) is 9.14. The molecular formula is C10H23BN. The maximum absolute atomic E-state index is 3.85. The van der Waals surface area contributed by atoms with Gasteiger partial charge in [0.05, 0.1) is 0 Å². The highest BCUT2D eigenvalue weighted by Crippen LogP contribution is 2.06. The average Bonchev–Trinajstić information content (AvgIpc) is 1.96. The van der Waals surface area contributed by atoms with Gasteiger partial charge in [-0.15, -0.1) is 0 Å². The summed E-state index contributed by atoms with van der Waals surface area (Å²) < 4.78 is 0. The molecule has 1 nitrogen and oxygen atoms in total. The summed E-state index contributed by atoms with van der Waals surface area (Å²) in [6.45, 7) is 12.9. The van der Waals surface area contributed by atoms with Gasteiger partial charge in [-0.3, -0.25) is 0 Å². The van der Waals surface area contributed by atoms with Crippen molar-refractivity contribution in [2.24, 2.45) is 0 Å². The van der Waals surface area contributed by atoms with Gasteiger partial charge in [0.25, 0.3) is 0 Å². The summed E-state index contributed by atoms with van der Waals surface area (Å²) in [5.41, 5.74) is 0. The van der Waals surface area contributed by atoms with E-state index in [2.05, 4.69) is 39.4 Å². The molecule has 0 bridgehead atoms. The van der Waals surface area contributed by atoms with Crippen LogP contribution in [-0.4, -0.2) is 24.3 Å². The molecule has 71 valence electrons. The zero-order valence-corrected chi connectivity index (χ0v) is 9.14. The molecule has 12 heavy (non-hydrogen) atoms. The van der Waals surface area contributed by atoms with Gasteiger partial charge >= 0.3 is 0 Å². The third-order valence-corrected chi connectivity index (χ3v) is 2.24. The summed E-state index contributed by atoms with van der Waals surface area (Å²) in [5, 5.41) is 0. The van der Waals surface area contributed by atoms with E-state index in [1.165, 1.54) is 20.2 Å². The summed E-state index contributed by atoms with van der Waals surface area (Å²) in [4.78, 5) is 2.54. The number of nitrogens with zero attached hydrogens (tertiary/aromatic N) is 1. The molecule has 0 aromatic carbocycles. The number of hydrogen-bond donors (Lipinski definition) is 0. The van der Waals surface area contributed by atoms with Crippen molar-refractivity contribution in [3.8, 4) is 0 Å². The van der Waals surface area contributed by atoms with Crippen LogP contribution in [0.25, 0.3) is 0 Å². The topological polar surface area (TPSA) is 3.24 Å². The zero-order chi connectivity index (χ0) is 9.56. The first-order valence-electron chi connectivity index (χ1n) is 5.14. The molecule has 0 atom stereocenters. The normalized spacial score (nSPS) is 11.7. The van der Waals surface area contributed by atoms with Gasteiger partial charge in [-0.25, -0.2) is 0 Å². The van der Waals surface area contributed by atoms with Crippen LogP contribution in [0.3, 0.4) is 0 Å². The second-order valence-corrected chi connectivity index (χ2v) is 3.99. The smallest absolute Gasteiger partial charge is 0.204 e. The molecule has 0 amide bonds. The standard InChI is InChI=1S/C10H23BN/c1-6-7-8-11-12(9(2)3)10(4)5/h9-11H,1,6-8H2,2-5H3. The molecular weight excluding hydrogens is 145 g/mol. The highest BCUT2D eigenvalue weighted by Gasteiger charge is 2.12. The van der Waals surface area contributed by atoms with Crippen LogP contribution in [0, 0.1) is 6.92 Å². The van der Waals surface area contributed by atoms with Crippen molar-refractivity contribution >= 4 is 7.41 Å². The van der Waals surface area contributed by atoms with Crippen molar-refractivity contribution in [2.45, 2.75) is 58.9 Å². The lowest BCUT2D eigenvalue weighted by Crippen LogP contribution is -2.39. The molecule has 0 aliphatic rings. The summed E-state index contributed by atoms with van der Waals surface area (Å²) in [7, 11) is 1.23. The van der Waals surface area contributed by atoms with E-state index < -0.39 is 0 Å². The Bertz CT molecular complexity index is 94.0. The quantitative estimate of drug-likeness (QED) is 0.435. The Balaban J connectivity index is 3.64. The molecule has 0 aliphatic carbocycles. The molecule has 0 rings (SSSR count). The van der Waals surface area contributed by atoms with Crippen molar-refractivity contribution in [1.29, 1.82) is 0 Å². The number of hydrogen-bond acceptors (Lipinski definition) is 1. The largest absolute Gasteiger partial charge is 0.341 e. The number of rotatable bonds is 6. The van der Waals surface area contributed by atoms with Crippen LogP contribution in [0.5, 0.6) is 0 Å². The van der Waals surface area contributed by atoms with Gasteiger partial charge in [0.15, 0.2) is 0 Å². The lowest BCUT2D eigenvalue weighted by Gasteiger charge is -2.30. The second-order valence-electron chi connectivity index (χ2n) is 3.99. The van der Waals surface area contributed by atoms with Crippen molar-refractivity contribution in [3.05, 3.63) is 6.92 Å². The van der Waals surface area contributed by atoms with Gasteiger partial charge < -0.3 is 4.81 Å². The SMILES string of the molecule is [CH2]CCCBN(C(C)C)C(C)C. The fourth-order valence-corrected chi connectivity index (χ4v) is 1.58. The fraction of sp³-hybridized carbons (Fsp3) is 0.900. The molecule has 0 spiro atoms. The van der Waals surface area contributed by atoms with Crippen LogP contribution in [0.4, 0.5) is 0 Å². The Labute approximate surface area is 78.8 Å².